The molecule has 2 heteroatoms. The molecule has 2 N–H and O–H groups in total. The first kappa shape index (κ1) is 8.32. The van der Waals surface area contributed by atoms with Crippen molar-refractivity contribution in [1.82, 2.24) is 4.57 Å². The number of nitrogens with two attached hydrogens (primary N) is 1. The highest BCUT2D eigenvalue weighted by Crippen LogP contribution is 2.19. The molecule has 0 aliphatic rings. The van der Waals surface area contributed by atoms with Gasteiger partial charge in [-0.15, -0.1) is 0 Å². The highest BCUT2D eigenvalue weighted by molar-refractivity contribution is 5.80. The maximum Gasteiger partial charge on any atom is 0.0477 e. The van der Waals surface area contributed by atoms with E-state index < -0.39 is 0 Å². The number of aryl methyl sites for hydroxylation is 1. The fourth-order valence-corrected chi connectivity index (χ4v) is 1.58. The molecule has 2 rings (SSSR count). The summed E-state index contributed by atoms with van der Waals surface area (Å²) >= 11 is 0. The smallest absolute Gasteiger partial charge is 0.0477 e. The van der Waals surface area contributed by atoms with Crippen molar-refractivity contribution in [2.45, 2.75) is 13.0 Å². The first-order valence-corrected chi connectivity index (χ1v) is 4.49. The Kier molecular flexibility index (Phi) is 1.85. The van der Waals surface area contributed by atoms with Crippen LogP contribution < -0.4 is 5.73 Å². The van der Waals surface area contributed by atoms with E-state index in [0.29, 0.717) is 0 Å². The van der Waals surface area contributed by atoms with Gasteiger partial charge in [-0.25, -0.2) is 0 Å². The Balaban J connectivity index is 2.63. The Bertz CT molecular complexity index is 427. The number of aromatic nitrogens is 1. The standard InChI is InChI=1S/C11H14N2/c1-8(12)9-3-4-11-10(7-9)5-6-13(11)2/h3-8H,12H2,1-2H3/t8-/m0/s1. The Hall–Kier alpha value is -1.28. The van der Waals surface area contributed by atoms with Gasteiger partial charge in [-0.1, -0.05) is 6.07 Å². The van der Waals surface area contributed by atoms with Crippen LogP contribution in [0.2, 0.25) is 0 Å². The summed E-state index contributed by atoms with van der Waals surface area (Å²) in [4.78, 5) is 0. The largest absolute Gasteiger partial charge is 0.351 e. The van der Waals surface area contributed by atoms with Crippen molar-refractivity contribution in [3.8, 4) is 0 Å². The van der Waals surface area contributed by atoms with E-state index in [1.54, 1.807) is 0 Å². The maximum absolute atomic E-state index is 5.80. The highest BCUT2D eigenvalue weighted by atomic mass is 14.9. The van der Waals surface area contributed by atoms with Gasteiger partial charge in [-0.05, 0) is 36.1 Å². The topological polar surface area (TPSA) is 30.9 Å². The van der Waals surface area contributed by atoms with Crippen molar-refractivity contribution in [3.63, 3.8) is 0 Å². The summed E-state index contributed by atoms with van der Waals surface area (Å²) in [6.07, 6.45) is 2.07. The van der Waals surface area contributed by atoms with E-state index in [-0.39, 0.29) is 6.04 Å². The van der Waals surface area contributed by atoms with Crippen LogP contribution in [-0.2, 0) is 7.05 Å². The number of rotatable bonds is 1. The van der Waals surface area contributed by atoms with Gasteiger partial charge in [0.05, 0.1) is 0 Å². The number of hydrogen-bond donors (Lipinski definition) is 1. The Labute approximate surface area is 78.0 Å². The van der Waals surface area contributed by atoms with Crippen molar-refractivity contribution in [3.05, 3.63) is 36.0 Å². The Morgan fingerprint density at radius 3 is 2.77 bits per heavy atom. The highest BCUT2D eigenvalue weighted by Gasteiger charge is 2.02. The van der Waals surface area contributed by atoms with Crippen LogP contribution in [0.1, 0.15) is 18.5 Å². The van der Waals surface area contributed by atoms with Crippen LogP contribution in [0.3, 0.4) is 0 Å². The van der Waals surface area contributed by atoms with Gasteiger partial charge in [-0.2, -0.15) is 0 Å². The molecular formula is C11H14N2. The molecule has 0 aliphatic carbocycles. The molecule has 0 amide bonds. The van der Waals surface area contributed by atoms with Gasteiger partial charge in [-0.3, -0.25) is 0 Å². The molecule has 2 aromatic rings. The first-order chi connectivity index (χ1) is 6.18. The second kappa shape index (κ2) is 2.89. The molecule has 0 saturated heterocycles. The fourth-order valence-electron chi connectivity index (χ4n) is 1.58. The Morgan fingerprint density at radius 2 is 2.08 bits per heavy atom. The third-order valence-electron chi connectivity index (χ3n) is 2.44. The zero-order chi connectivity index (χ0) is 9.42. The first-order valence-electron chi connectivity index (χ1n) is 4.49. The number of benzene rings is 1. The molecule has 2 nitrogen and oxygen atoms in total. The molecule has 1 aromatic heterocycles. The van der Waals surface area contributed by atoms with E-state index in [1.807, 2.05) is 14.0 Å². The van der Waals surface area contributed by atoms with E-state index in [2.05, 4.69) is 35.0 Å². The molecule has 0 radical (unpaired) electrons. The predicted molar refractivity (Wildman–Crippen MR) is 55.5 cm³/mol. The molecule has 1 aromatic carbocycles. The van der Waals surface area contributed by atoms with Crippen LogP contribution in [0.15, 0.2) is 30.5 Å². The van der Waals surface area contributed by atoms with E-state index in [9.17, 15) is 0 Å². The minimum atomic E-state index is 0.115. The third kappa shape index (κ3) is 1.33. The maximum atomic E-state index is 5.80. The molecule has 0 unspecified atom stereocenters. The molecule has 68 valence electrons. The van der Waals surface area contributed by atoms with Gasteiger partial charge in [0, 0.05) is 24.8 Å². The fraction of sp³-hybridized carbons (Fsp3) is 0.273. The van der Waals surface area contributed by atoms with E-state index >= 15 is 0 Å². The summed E-state index contributed by atoms with van der Waals surface area (Å²) in [6.45, 7) is 2.00. The lowest BCUT2D eigenvalue weighted by Gasteiger charge is -2.05. The summed E-state index contributed by atoms with van der Waals surface area (Å²) in [6, 6.07) is 8.59. The van der Waals surface area contributed by atoms with Crippen molar-refractivity contribution in [2.75, 3.05) is 0 Å². The molecule has 1 atom stereocenters. The second-order valence-electron chi connectivity index (χ2n) is 3.53. The zero-order valence-corrected chi connectivity index (χ0v) is 7.99. The average Bonchev–Trinajstić information content (AvgIpc) is 2.47. The minimum Gasteiger partial charge on any atom is -0.351 e. The SMILES string of the molecule is C[C@H](N)c1ccc2c(ccn2C)c1. The van der Waals surface area contributed by atoms with Crippen LogP contribution in [-0.4, -0.2) is 4.57 Å². The van der Waals surface area contributed by atoms with Gasteiger partial charge in [0.1, 0.15) is 0 Å². The normalized spacial score (nSPS) is 13.5. The summed E-state index contributed by atoms with van der Waals surface area (Å²) in [5.74, 6) is 0. The Morgan fingerprint density at radius 1 is 1.31 bits per heavy atom. The molecule has 0 saturated carbocycles. The van der Waals surface area contributed by atoms with Crippen LogP contribution in [0, 0.1) is 0 Å². The van der Waals surface area contributed by atoms with Crippen LogP contribution in [0.25, 0.3) is 10.9 Å². The number of nitrogens with zero attached hydrogens (tertiary/aromatic N) is 1. The van der Waals surface area contributed by atoms with Crippen molar-refractivity contribution in [2.24, 2.45) is 12.8 Å². The van der Waals surface area contributed by atoms with E-state index in [4.69, 9.17) is 5.73 Å². The summed E-state index contributed by atoms with van der Waals surface area (Å²) in [5.41, 5.74) is 8.25. The van der Waals surface area contributed by atoms with Crippen LogP contribution in [0.5, 0.6) is 0 Å². The lowest BCUT2D eigenvalue weighted by atomic mass is 10.1. The summed E-state index contributed by atoms with van der Waals surface area (Å²) in [7, 11) is 2.05. The average molecular weight is 174 g/mol. The van der Waals surface area contributed by atoms with Gasteiger partial charge in [0.2, 0.25) is 0 Å². The molecule has 0 spiro atoms. The third-order valence-corrected chi connectivity index (χ3v) is 2.44. The van der Waals surface area contributed by atoms with Gasteiger partial charge >= 0.3 is 0 Å². The van der Waals surface area contributed by atoms with Gasteiger partial charge in [0.25, 0.3) is 0 Å². The molecule has 1 heterocycles. The lowest BCUT2D eigenvalue weighted by molar-refractivity contribution is 0.819. The van der Waals surface area contributed by atoms with Crippen molar-refractivity contribution in [1.29, 1.82) is 0 Å². The van der Waals surface area contributed by atoms with Crippen LogP contribution >= 0.6 is 0 Å². The number of fused-ring (bicyclic) bond motifs is 1. The summed E-state index contributed by atoms with van der Waals surface area (Å²) in [5, 5.41) is 1.26. The molecular weight excluding hydrogens is 160 g/mol. The quantitative estimate of drug-likeness (QED) is 0.706. The van der Waals surface area contributed by atoms with Gasteiger partial charge < -0.3 is 10.3 Å². The zero-order valence-electron chi connectivity index (χ0n) is 7.99. The molecule has 0 fully saturated rings. The molecule has 0 bridgehead atoms. The van der Waals surface area contributed by atoms with Crippen molar-refractivity contribution >= 4 is 10.9 Å². The van der Waals surface area contributed by atoms with E-state index in [0.717, 1.165) is 0 Å². The predicted octanol–water partition coefficient (Wildman–Crippen LogP) is 2.20. The monoisotopic (exact) mass is 174 g/mol. The lowest BCUT2D eigenvalue weighted by Crippen LogP contribution is -2.04. The van der Waals surface area contributed by atoms with E-state index in [1.165, 1.54) is 16.5 Å². The van der Waals surface area contributed by atoms with Gasteiger partial charge in [0.15, 0.2) is 0 Å². The van der Waals surface area contributed by atoms with Crippen molar-refractivity contribution < 1.29 is 0 Å². The number of hydrogen-bond acceptors (Lipinski definition) is 1. The summed E-state index contributed by atoms with van der Waals surface area (Å²) < 4.78 is 2.11. The van der Waals surface area contributed by atoms with Crippen LogP contribution in [0.4, 0.5) is 0 Å². The minimum absolute atomic E-state index is 0.115. The molecule has 13 heavy (non-hydrogen) atoms. The second-order valence-corrected chi connectivity index (χ2v) is 3.53. The molecule has 0 aliphatic heterocycles.